The molecule has 272 valence electrons. The molecular formula is C55H41NS. The van der Waals surface area contributed by atoms with Crippen molar-refractivity contribution in [1.29, 1.82) is 0 Å². The van der Waals surface area contributed by atoms with Gasteiger partial charge in [-0.05, 0) is 81.8 Å². The predicted octanol–water partition coefficient (Wildman–Crippen LogP) is 16.4. The molecule has 1 nitrogen and oxygen atoms in total. The Morgan fingerprint density at radius 2 is 0.930 bits per heavy atom. The zero-order valence-corrected chi connectivity index (χ0v) is 32.7. The lowest BCUT2D eigenvalue weighted by Crippen LogP contribution is -2.13. The van der Waals surface area contributed by atoms with E-state index in [9.17, 15) is 0 Å². The summed E-state index contributed by atoms with van der Waals surface area (Å²) in [6, 6.07) is 72.4. The molecule has 1 heterocycles. The molecule has 57 heavy (non-hydrogen) atoms. The van der Waals surface area contributed by atoms with Gasteiger partial charge in [0.25, 0.3) is 0 Å². The molecule has 0 aliphatic rings. The fourth-order valence-electron chi connectivity index (χ4n) is 8.08. The molecule has 0 aliphatic heterocycles. The van der Waals surface area contributed by atoms with E-state index >= 15 is 0 Å². The summed E-state index contributed by atoms with van der Waals surface area (Å²) in [5.41, 5.74) is 16.3. The summed E-state index contributed by atoms with van der Waals surface area (Å²) in [7, 11) is 0. The first-order chi connectivity index (χ1) is 28.2. The van der Waals surface area contributed by atoms with E-state index in [1.165, 1.54) is 70.6 Å². The average Bonchev–Trinajstić information content (AvgIpc) is 3.65. The fourth-order valence-corrected chi connectivity index (χ4v) is 9.15. The van der Waals surface area contributed by atoms with Crippen LogP contribution in [0.25, 0.3) is 77.9 Å². The highest BCUT2D eigenvalue weighted by molar-refractivity contribution is 7.20. The van der Waals surface area contributed by atoms with E-state index < -0.39 is 0 Å². The van der Waals surface area contributed by atoms with Crippen molar-refractivity contribution in [3.63, 3.8) is 0 Å². The highest BCUT2D eigenvalue weighted by Crippen LogP contribution is 2.50. The maximum atomic E-state index is 4.14. The summed E-state index contributed by atoms with van der Waals surface area (Å²) in [4.78, 5) is 3.65. The third-order valence-electron chi connectivity index (χ3n) is 10.6. The van der Waals surface area contributed by atoms with Crippen LogP contribution in [-0.2, 0) is 0 Å². The van der Waals surface area contributed by atoms with Crippen LogP contribution < -0.4 is 4.90 Å². The van der Waals surface area contributed by atoms with E-state index in [2.05, 4.69) is 231 Å². The molecule has 0 N–H and O–H groups in total. The fraction of sp³-hybridized carbons (Fsp3) is 0.0182. The van der Waals surface area contributed by atoms with Crippen molar-refractivity contribution >= 4 is 50.6 Å². The summed E-state index contributed by atoms with van der Waals surface area (Å²) in [5.74, 6) is 0. The van der Waals surface area contributed by atoms with Gasteiger partial charge in [0, 0.05) is 37.3 Å². The molecule has 9 aromatic rings. The number of anilines is 3. The largest absolute Gasteiger partial charge is 0.309 e. The Morgan fingerprint density at radius 3 is 1.58 bits per heavy atom. The third kappa shape index (κ3) is 6.82. The van der Waals surface area contributed by atoms with Crippen LogP contribution in [0.3, 0.4) is 0 Å². The first-order valence-corrected chi connectivity index (χ1v) is 20.2. The van der Waals surface area contributed by atoms with E-state index in [0.29, 0.717) is 0 Å². The zero-order valence-electron chi connectivity index (χ0n) is 31.8. The van der Waals surface area contributed by atoms with Gasteiger partial charge >= 0.3 is 0 Å². The van der Waals surface area contributed by atoms with Gasteiger partial charge in [-0.2, -0.15) is 0 Å². The summed E-state index contributed by atoms with van der Waals surface area (Å²) >= 11 is 1.80. The summed E-state index contributed by atoms with van der Waals surface area (Å²) < 4.78 is 1.26. The maximum absolute atomic E-state index is 4.14. The third-order valence-corrected chi connectivity index (χ3v) is 11.8. The molecule has 0 fully saturated rings. The first-order valence-electron chi connectivity index (χ1n) is 19.4. The molecule has 0 aliphatic carbocycles. The van der Waals surface area contributed by atoms with Gasteiger partial charge in [0.05, 0.1) is 11.4 Å². The lowest BCUT2D eigenvalue weighted by atomic mass is 9.87. The molecule has 0 saturated heterocycles. The van der Waals surface area contributed by atoms with E-state index in [4.69, 9.17) is 0 Å². The monoisotopic (exact) mass is 747 g/mol. The minimum atomic E-state index is 1.07. The predicted molar refractivity (Wildman–Crippen MR) is 248 cm³/mol. The van der Waals surface area contributed by atoms with Crippen molar-refractivity contribution in [2.24, 2.45) is 0 Å². The SMILES string of the molecule is C=Cc1sc2cccc(-c3ccc(N(c4ccccc4-c4ccccc4)c4cccc(-c5ccccc5)c4-c4ccccc4-c4ccccc4)cc3)c2c1/C=C\C. The number of nitrogens with zero attached hydrogens (tertiary/aromatic N) is 1. The van der Waals surface area contributed by atoms with Gasteiger partial charge in [-0.25, -0.2) is 0 Å². The highest BCUT2D eigenvalue weighted by Gasteiger charge is 2.24. The molecule has 2 heteroatoms. The van der Waals surface area contributed by atoms with E-state index in [0.717, 1.165) is 22.6 Å². The number of fused-ring (bicyclic) bond motifs is 1. The molecule has 0 bridgehead atoms. The van der Waals surface area contributed by atoms with Crippen LogP contribution in [0.2, 0.25) is 0 Å². The molecule has 0 unspecified atom stereocenters. The van der Waals surface area contributed by atoms with Gasteiger partial charge in [-0.15, -0.1) is 11.3 Å². The molecule has 0 atom stereocenters. The Kier molecular flexibility index (Phi) is 10.0. The van der Waals surface area contributed by atoms with E-state index in [-0.39, 0.29) is 0 Å². The average molecular weight is 748 g/mol. The van der Waals surface area contributed by atoms with Crippen LogP contribution in [0.4, 0.5) is 17.1 Å². The van der Waals surface area contributed by atoms with Crippen molar-refractivity contribution in [3.05, 3.63) is 223 Å². The molecule has 1 aromatic heterocycles. The number of hydrogen-bond donors (Lipinski definition) is 0. The standard InChI is InChI=1S/C55H41NS/c1-3-20-49-52(4-2)57-53-34-19-31-47(55(49)53)42-35-37-43(38-36-42)56(50-32-17-16-28-45(50)40-23-10-6-11-24-40)51-33-18-30-46(41-25-12-7-13-26-41)54(51)48-29-15-14-27-44(48)39-21-8-5-9-22-39/h3-38H,2H2,1H3/b20-3-. The smallest absolute Gasteiger partial charge is 0.0546 e. The second-order valence-electron chi connectivity index (χ2n) is 14.0. The first kappa shape index (κ1) is 35.7. The Morgan fingerprint density at radius 1 is 0.439 bits per heavy atom. The molecule has 0 amide bonds. The lowest BCUT2D eigenvalue weighted by molar-refractivity contribution is 1.28. The van der Waals surface area contributed by atoms with Crippen LogP contribution in [0.5, 0.6) is 0 Å². The van der Waals surface area contributed by atoms with Crippen molar-refractivity contribution in [3.8, 4) is 55.6 Å². The van der Waals surface area contributed by atoms with Gasteiger partial charge in [-0.3, -0.25) is 0 Å². The van der Waals surface area contributed by atoms with Gasteiger partial charge in [0.1, 0.15) is 0 Å². The van der Waals surface area contributed by atoms with E-state index in [1.54, 1.807) is 11.3 Å². The molecule has 9 rings (SSSR count). The molecule has 0 saturated carbocycles. The van der Waals surface area contributed by atoms with Gasteiger partial charge in [0.2, 0.25) is 0 Å². The Bertz CT molecular complexity index is 2850. The van der Waals surface area contributed by atoms with Crippen molar-refractivity contribution in [2.75, 3.05) is 4.90 Å². The lowest BCUT2D eigenvalue weighted by Gasteiger charge is -2.31. The second-order valence-corrected chi connectivity index (χ2v) is 15.1. The minimum Gasteiger partial charge on any atom is -0.309 e. The summed E-state index contributed by atoms with van der Waals surface area (Å²) in [6.07, 6.45) is 6.31. The quantitative estimate of drug-likeness (QED) is 0.135. The molecule has 0 spiro atoms. The van der Waals surface area contributed by atoms with Gasteiger partial charge in [-0.1, -0.05) is 195 Å². The van der Waals surface area contributed by atoms with Gasteiger partial charge in [0.15, 0.2) is 0 Å². The van der Waals surface area contributed by atoms with Crippen LogP contribution in [-0.4, -0.2) is 0 Å². The number of thiophene rings is 1. The Balaban J connectivity index is 1.32. The van der Waals surface area contributed by atoms with Crippen molar-refractivity contribution in [2.45, 2.75) is 6.92 Å². The molecule has 0 radical (unpaired) electrons. The molecular weight excluding hydrogens is 707 g/mol. The number of rotatable bonds is 10. The second kappa shape index (κ2) is 16.0. The molecule has 8 aromatic carbocycles. The topological polar surface area (TPSA) is 3.24 Å². The summed E-state index contributed by atoms with van der Waals surface area (Å²) in [6.45, 7) is 6.22. The van der Waals surface area contributed by atoms with Crippen LogP contribution in [0.15, 0.2) is 213 Å². The van der Waals surface area contributed by atoms with Crippen molar-refractivity contribution < 1.29 is 0 Å². The number of benzene rings is 8. The maximum Gasteiger partial charge on any atom is 0.0546 e. The van der Waals surface area contributed by atoms with Crippen LogP contribution >= 0.6 is 11.3 Å². The van der Waals surface area contributed by atoms with Gasteiger partial charge < -0.3 is 4.90 Å². The normalized spacial score (nSPS) is 11.2. The Labute approximate surface area is 339 Å². The van der Waals surface area contributed by atoms with Crippen molar-refractivity contribution in [1.82, 2.24) is 0 Å². The Hall–Kier alpha value is -7.00. The number of hydrogen-bond acceptors (Lipinski definition) is 2. The van der Waals surface area contributed by atoms with Crippen LogP contribution in [0.1, 0.15) is 17.4 Å². The zero-order chi connectivity index (χ0) is 38.6. The highest BCUT2D eigenvalue weighted by atomic mass is 32.1. The van der Waals surface area contributed by atoms with Crippen LogP contribution in [0, 0.1) is 0 Å². The minimum absolute atomic E-state index is 1.07. The summed E-state index contributed by atoms with van der Waals surface area (Å²) in [5, 5.41) is 1.27. The number of para-hydroxylation sites is 1. The van der Waals surface area contributed by atoms with E-state index in [1.807, 2.05) is 6.08 Å². The number of allylic oxidation sites excluding steroid dienone is 1.